The highest BCUT2D eigenvalue weighted by Crippen LogP contribution is 2.23. The number of rotatable bonds is 6. The molecule has 1 amide bonds. The number of hydrogen-bond donors (Lipinski definition) is 3. The summed E-state index contributed by atoms with van der Waals surface area (Å²) in [6, 6.07) is 8.54. The lowest BCUT2D eigenvalue weighted by atomic mass is 10.1. The third-order valence-electron chi connectivity index (χ3n) is 4.99. The van der Waals surface area contributed by atoms with Gasteiger partial charge >= 0.3 is 0 Å². The minimum atomic E-state index is -0.279. The van der Waals surface area contributed by atoms with E-state index in [1.807, 2.05) is 32.9 Å². The highest BCUT2D eigenvalue weighted by molar-refractivity contribution is 5.93. The standard InChI is InChI=1S/C23H23FN6O.ClH/c1-13-8-14(2)28-21(9-13)30-23-26-11-16(12-27-23)22(31)25-7-6-18-15(3)29-20-5-4-17(24)10-19(18)20;/h4-5,8-12,29H,6-7H2,1-3H3,(H,25,31)(H,26,27,28,30);1H. The number of carbonyl (C=O) groups is 1. The Kier molecular flexibility index (Phi) is 7.05. The highest BCUT2D eigenvalue weighted by atomic mass is 35.5. The largest absolute Gasteiger partial charge is 0.358 e. The Labute approximate surface area is 191 Å². The van der Waals surface area contributed by atoms with Crippen molar-refractivity contribution in [1.82, 2.24) is 25.3 Å². The van der Waals surface area contributed by atoms with Crippen molar-refractivity contribution in [3.05, 3.63) is 76.6 Å². The smallest absolute Gasteiger partial charge is 0.254 e. The van der Waals surface area contributed by atoms with Gasteiger partial charge in [-0.05, 0) is 68.7 Å². The predicted octanol–water partition coefficient (Wildman–Crippen LogP) is 4.56. The molecule has 7 nitrogen and oxygen atoms in total. The Balaban J connectivity index is 0.00000289. The summed E-state index contributed by atoms with van der Waals surface area (Å²) in [5, 5.41) is 6.75. The van der Waals surface area contributed by atoms with Crippen molar-refractivity contribution in [3.8, 4) is 0 Å². The molecule has 3 heterocycles. The molecule has 0 aliphatic rings. The Bertz CT molecular complexity index is 1240. The maximum absolute atomic E-state index is 13.6. The number of carbonyl (C=O) groups excluding carboxylic acids is 1. The van der Waals surface area contributed by atoms with E-state index in [0.29, 0.717) is 30.3 Å². The van der Waals surface area contributed by atoms with Crippen LogP contribution < -0.4 is 10.6 Å². The van der Waals surface area contributed by atoms with Crippen LogP contribution in [0.2, 0.25) is 0 Å². The van der Waals surface area contributed by atoms with Crippen molar-refractivity contribution < 1.29 is 9.18 Å². The molecule has 166 valence electrons. The topological polar surface area (TPSA) is 95.6 Å². The first-order valence-corrected chi connectivity index (χ1v) is 9.98. The molecule has 0 atom stereocenters. The molecule has 0 aliphatic carbocycles. The fourth-order valence-corrected chi connectivity index (χ4v) is 3.61. The quantitative estimate of drug-likeness (QED) is 0.397. The Morgan fingerprint density at radius 2 is 1.84 bits per heavy atom. The number of aromatic amines is 1. The maximum Gasteiger partial charge on any atom is 0.254 e. The van der Waals surface area contributed by atoms with Crippen LogP contribution in [0, 0.1) is 26.6 Å². The van der Waals surface area contributed by atoms with Gasteiger partial charge in [0.25, 0.3) is 5.91 Å². The van der Waals surface area contributed by atoms with E-state index < -0.39 is 0 Å². The Hall–Kier alpha value is -3.52. The van der Waals surface area contributed by atoms with E-state index in [0.717, 1.165) is 33.4 Å². The molecule has 9 heteroatoms. The van der Waals surface area contributed by atoms with Gasteiger partial charge in [0.2, 0.25) is 5.95 Å². The van der Waals surface area contributed by atoms with Crippen LogP contribution in [0.5, 0.6) is 0 Å². The van der Waals surface area contributed by atoms with Gasteiger partial charge in [-0.3, -0.25) is 4.79 Å². The average Bonchev–Trinajstić information content (AvgIpc) is 3.02. The van der Waals surface area contributed by atoms with Crippen molar-refractivity contribution in [2.75, 3.05) is 11.9 Å². The zero-order valence-corrected chi connectivity index (χ0v) is 18.8. The number of pyridine rings is 1. The second-order valence-corrected chi connectivity index (χ2v) is 7.52. The molecule has 0 saturated heterocycles. The lowest BCUT2D eigenvalue weighted by Crippen LogP contribution is -2.26. The second-order valence-electron chi connectivity index (χ2n) is 7.52. The average molecular weight is 455 g/mol. The third-order valence-corrected chi connectivity index (χ3v) is 4.99. The van der Waals surface area contributed by atoms with E-state index in [1.165, 1.54) is 24.5 Å². The van der Waals surface area contributed by atoms with Gasteiger partial charge in [0.15, 0.2) is 0 Å². The van der Waals surface area contributed by atoms with Crippen LogP contribution in [0.4, 0.5) is 16.2 Å². The molecule has 0 aliphatic heterocycles. The first-order valence-electron chi connectivity index (χ1n) is 9.98. The summed E-state index contributed by atoms with van der Waals surface area (Å²) in [7, 11) is 0. The molecule has 32 heavy (non-hydrogen) atoms. The SMILES string of the molecule is Cc1cc(C)nc(Nc2ncc(C(=O)NCCc3c(C)[nH]c4ccc(F)cc34)cn2)c1.Cl. The fourth-order valence-electron chi connectivity index (χ4n) is 3.61. The first kappa shape index (κ1) is 23.1. The molecule has 0 unspecified atom stereocenters. The van der Waals surface area contributed by atoms with Crippen molar-refractivity contribution in [3.63, 3.8) is 0 Å². The number of fused-ring (bicyclic) bond motifs is 1. The van der Waals surface area contributed by atoms with E-state index in [9.17, 15) is 9.18 Å². The number of anilines is 2. The van der Waals surface area contributed by atoms with Crippen molar-refractivity contribution in [2.45, 2.75) is 27.2 Å². The number of benzene rings is 1. The van der Waals surface area contributed by atoms with Gasteiger partial charge in [0.05, 0.1) is 5.56 Å². The number of nitrogens with one attached hydrogen (secondary N) is 3. The summed E-state index contributed by atoms with van der Waals surface area (Å²) in [5.41, 5.74) is 5.18. The molecular formula is C23H24ClFN6O. The van der Waals surface area contributed by atoms with Crippen LogP contribution in [0.25, 0.3) is 10.9 Å². The molecule has 0 bridgehead atoms. The van der Waals surface area contributed by atoms with Crippen LogP contribution in [0.15, 0.2) is 42.7 Å². The molecule has 0 fully saturated rings. The molecule has 0 radical (unpaired) electrons. The van der Waals surface area contributed by atoms with E-state index in [1.54, 1.807) is 6.07 Å². The summed E-state index contributed by atoms with van der Waals surface area (Å²) in [4.78, 5) is 28.5. The monoisotopic (exact) mass is 454 g/mol. The molecule has 3 N–H and O–H groups in total. The molecule has 1 aromatic carbocycles. The van der Waals surface area contributed by atoms with Crippen LogP contribution in [-0.4, -0.2) is 32.4 Å². The molecule has 4 aromatic rings. The number of halogens is 2. The number of aromatic nitrogens is 4. The molecule has 0 saturated carbocycles. The lowest BCUT2D eigenvalue weighted by Gasteiger charge is -2.08. The van der Waals surface area contributed by atoms with E-state index in [-0.39, 0.29) is 24.1 Å². The number of hydrogen-bond acceptors (Lipinski definition) is 5. The number of amides is 1. The molecular weight excluding hydrogens is 431 g/mol. The minimum absolute atomic E-state index is 0. The van der Waals surface area contributed by atoms with Gasteiger partial charge in [0, 0.05) is 41.2 Å². The normalized spacial score (nSPS) is 10.6. The summed E-state index contributed by atoms with van der Waals surface area (Å²) in [6.45, 7) is 6.26. The Morgan fingerprint density at radius 3 is 2.56 bits per heavy atom. The van der Waals surface area contributed by atoms with Gasteiger partial charge in [-0.15, -0.1) is 12.4 Å². The summed E-state index contributed by atoms with van der Waals surface area (Å²) in [6.07, 6.45) is 3.53. The van der Waals surface area contributed by atoms with Crippen LogP contribution in [0.3, 0.4) is 0 Å². The third kappa shape index (κ3) is 5.20. The van der Waals surface area contributed by atoms with Crippen molar-refractivity contribution in [1.29, 1.82) is 0 Å². The van der Waals surface area contributed by atoms with Crippen LogP contribution in [-0.2, 0) is 6.42 Å². The highest BCUT2D eigenvalue weighted by Gasteiger charge is 2.11. The predicted molar refractivity (Wildman–Crippen MR) is 125 cm³/mol. The Morgan fingerprint density at radius 1 is 1.09 bits per heavy atom. The van der Waals surface area contributed by atoms with E-state index in [4.69, 9.17) is 0 Å². The number of aryl methyl sites for hydroxylation is 3. The zero-order chi connectivity index (χ0) is 22.0. The second kappa shape index (κ2) is 9.74. The van der Waals surface area contributed by atoms with Crippen molar-refractivity contribution in [2.24, 2.45) is 0 Å². The lowest BCUT2D eigenvalue weighted by molar-refractivity contribution is 0.0953. The van der Waals surface area contributed by atoms with Gasteiger partial charge in [-0.25, -0.2) is 19.3 Å². The summed E-state index contributed by atoms with van der Waals surface area (Å²) in [5.74, 6) is 0.476. The summed E-state index contributed by atoms with van der Waals surface area (Å²) >= 11 is 0. The van der Waals surface area contributed by atoms with Gasteiger partial charge < -0.3 is 15.6 Å². The van der Waals surface area contributed by atoms with Crippen LogP contribution >= 0.6 is 12.4 Å². The first-order chi connectivity index (χ1) is 14.9. The maximum atomic E-state index is 13.6. The van der Waals surface area contributed by atoms with Gasteiger partial charge in [-0.1, -0.05) is 0 Å². The molecule has 3 aromatic heterocycles. The number of nitrogens with zero attached hydrogens (tertiary/aromatic N) is 3. The van der Waals surface area contributed by atoms with E-state index in [2.05, 4.69) is 30.6 Å². The van der Waals surface area contributed by atoms with E-state index >= 15 is 0 Å². The van der Waals surface area contributed by atoms with Crippen molar-refractivity contribution >= 4 is 41.0 Å². The summed E-state index contributed by atoms with van der Waals surface area (Å²) < 4.78 is 13.6. The molecule has 4 rings (SSSR count). The van der Waals surface area contributed by atoms with Gasteiger partial charge in [0.1, 0.15) is 11.6 Å². The fraction of sp³-hybridized carbons (Fsp3) is 0.217. The van der Waals surface area contributed by atoms with Gasteiger partial charge in [-0.2, -0.15) is 0 Å². The molecule has 0 spiro atoms. The zero-order valence-electron chi connectivity index (χ0n) is 18.0. The number of H-pyrrole nitrogens is 1. The van der Waals surface area contributed by atoms with Crippen LogP contribution in [0.1, 0.15) is 32.9 Å². The minimum Gasteiger partial charge on any atom is -0.358 e.